The van der Waals surface area contributed by atoms with E-state index in [1.54, 1.807) is 11.9 Å². The Balaban J connectivity index is 1.98. The second kappa shape index (κ2) is 7.17. The van der Waals surface area contributed by atoms with E-state index in [4.69, 9.17) is 0 Å². The molecule has 1 amide bonds. The molecule has 1 aromatic carbocycles. The van der Waals surface area contributed by atoms with E-state index in [0.29, 0.717) is 26.1 Å². The van der Waals surface area contributed by atoms with Crippen molar-refractivity contribution in [2.75, 3.05) is 39.8 Å². The number of amides is 1. The molecule has 1 fully saturated rings. The molecule has 2 rings (SSSR count). The zero-order valence-corrected chi connectivity index (χ0v) is 13.3. The third-order valence-electron chi connectivity index (χ3n) is 3.63. The summed E-state index contributed by atoms with van der Waals surface area (Å²) in [6.45, 7) is 1.87. The van der Waals surface area contributed by atoms with Crippen molar-refractivity contribution in [3.8, 4) is 0 Å². The second-order valence-corrected chi connectivity index (χ2v) is 7.03. The van der Waals surface area contributed by atoms with Gasteiger partial charge in [-0.2, -0.15) is 4.31 Å². The second-order valence-electron chi connectivity index (χ2n) is 5.09. The SMILES string of the molecule is CNCCC(=O)N1CCN(S(=O)(=O)c2ccc(F)cc2)CC1. The van der Waals surface area contributed by atoms with Gasteiger partial charge in [-0.15, -0.1) is 0 Å². The first kappa shape index (κ1) is 16.9. The monoisotopic (exact) mass is 329 g/mol. The van der Waals surface area contributed by atoms with Crippen LogP contribution < -0.4 is 5.32 Å². The lowest BCUT2D eigenvalue weighted by molar-refractivity contribution is -0.132. The highest BCUT2D eigenvalue weighted by Gasteiger charge is 2.29. The molecule has 0 unspecified atom stereocenters. The maximum Gasteiger partial charge on any atom is 0.243 e. The summed E-state index contributed by atoms with van der Waals surface area (Å²) in [6, 6.07) is 4.78. The number of piperazine rings is 1. The van der Waals surface area contributed by atoms with Gasteiger partial charge in [-0.25, -0.2) is 12.8 Å². The molecule has 8 heteroatoms. The summed E-state index contributed by atoms with van der Waals surface area (Å²) < 4.78 is 39.1. The Morgan fingerprint density at radius 3 is 2.32 bits per heavy atom. The highest BCUT2D eigenvalue weighted by molar-refractivity contribution is 7.89. The zero-order valence-electron chi connectivity index (χ0n) is 12.5. The van der Waals surface area contributed by atoms with Crippen LogP contribution in [0.4, 0.5) is 4.39 Å². The van der Waals surface area contributed by atoms with Gasteiger partial charge in [-0.1, -0.05) is 0 Å². The van der Waals surface area contributed by atoms with Gasteiger partial charge >= 0.3 is 0 Å². The standard InChI is InChI=1S/C14H20FN3O3S/c1-16-7-6-14(19)17-8-10-18(11-9-17)22(20,21)13-4-2-12(15)3-5-13/h2-5,16H,6-11H2,1H3. The van der Waals surface area contributed by atoms with Crippen LogP contribution in [0.15, 0.2) is 29.2 Å². The predicted molar refractivity (Wildman–Crippen MR) is 80.3 cm³/mol. The summed E-state index contributed by atoms with van der Waals surface area (Å²) in [7, 11) is -1.85. The molecular weight excluding hydrogens is 309 g/mol. The maximum atomic E-state index is 12.9. The quantitative estimate of drug-likeness (QED) is 0.842. The number of nitrogens with zero attached hydrogens (tertiary/aromatic N) is 2. The summed E-state index contributed by atoms with van der Waals surface area (Å²) in [5.74, 6) is -0.452. The number of nitrogens with one attached hydrogen (secondary N) is 1. The first-order chi connectivity index (χ1) is 10.4. The van der Waals surface area contributed by atoms with Crippen LogP contribution >= 0.6 is 0 Å². The van der Waals surface area contributed by atoms with Crippen molar-refractivity contribution in [3.63, 3.8) is 0 Å². The van der Waals surface area contributed by atoms with Gasteiger partial charge in [-0.3, -0.25) is 4.79 Å². The topological polar surface area (TPSA) is 69.7 Å². The van der Waals surface area contributed by atoms with Gasteiger partial charge in [0, 0.05) is 39.1 Å². The van der Waals surface area contributed by atoms with Crippen LogP contribution in [0.3, 0.4) is 0 Å². The average molecular weight is 329 g/mol. The highest BCUT2D eigenvalue weighted by atomic mass is 32.2. The van der Waals surface area contributed by atoms with Crippen LogP contribution in [0.1, 0.15) is 6.42 Å². The Kier molecular flexibility index (Phi) is 5.49. The van der Waals surface area contributed by atoms with E-state index in [1.807, 2.05) is 0 Å². The van der Waals surface area contributed by atoms with Crippen LogP contribution in [-0.4, -0.2) is 63.3 Å². The molecular formula is C14H20FN3O3S. The normalized spacial score (nSPS) is 16.7. The number of halogens is 1. The molecule has 1 aliphatic heterocycles. The van der Waals surface area contributed by atoms with E-state index >= 15 is 0 Å². The van der Waals surface area contributed by atoms with Gasteiger partial charge in [0.2, 0.25) is 15.9 Å². The number of rotatable bonds is 5. The Hall–Kier alpha value is -1.51. The molecule has 0 aromatic heterocycles. The van der Waals surface area contributed by atoms with E-state index in [2.05, 4.69) is 5.32 Å². The van der Waals surface area contributed by atoms with Crippen molar-refractivity contribution in [2.45, 2.75) is 11.3 Å². The van der Waals surface area contributed by atoms with Crippen LogP contribution in [0.25, 0.3) is 0 Å². The van der Waals surface area contributed by atoms with Crippen molar-refractivity contribution < 1.29 is 17.6 Å². The summed E-state index contributed by atoms with van der Waals surface area (Å²) in [4.78, 5) is 13.6. The van der Waals surface area contributed by atoms with Crippen molar-refractivity contribution in [1.82, 2.24) is 14.5 Å². The summed E-state index contributed by atoms with van der Waals surface area (Å²) in [6.07, 6.45) is 0.404. The van der Waals surface area contributed by atoms with Gasteiger partial charge in [0.15, 0.2) is 0 Å². The minimum atomic E-state index is -3.63. The fraction of sp³-hybridized carbons (Fsp3) is 0.500. The minimum Gasteiger partial charge on any atom is -0.340 e. The smallest absolute Gasteiger partial charge is 0.243 e. The fourth-order valence-electron chi connectivity index (χ4n) is 2.32. The molecule has 0 saturated carbocycles. The largest absolute Gasteiger partial charge is 0.340 e. The van der Waals surface area contributed by atoms with Crippen LogP contribution in [0.2, 0.25) is 0 Å². The van der Waals surface area contributed by atoms with Gasteiger partial charge in [-0.05, 0) is 31.3 Å². The molecule has 22 heavy (non-hydrogen) atoms. The third kappa shape index (κ3) is 3.82. The van der Waals surface area contributed by atoms with Gasteiger partial charge in [0.1, 0.15) is 5.82 Å². The Labute approximate surface area is 130 Å². The first-order valence-corrected chi connectivity index (χ1v) is 8.57. The Morgan fingerprint density at radius 1 is 1.18 bits per heavy atom. The summed E-state index contributed by atoms with van der Waals surface area (Å²) in [5.41, 5.74) is 0. The molecule has 0 radical (unpaired) electrons. The Bertz CT molecular complexity index is 611. The number of hydrogen-bond acceptors (Lipinski definition) is 4. The molecule has 6 nitrogen and oxygen atoms in total. The first-order valence-electron chi connectivity index (χ1n) is 7.13. The fourth-order valence-corrected chi connectivity index (χ4v) is 3.75. The van der Waals surface area contributed by atoms with Gasteiger partial charge in [0.25, 0.3) is 0 Å². The van der Waals surface area contributed by atoms with Crippen LogP contribution in [-0.2, 0) is 14.8 Å². The van der Waals surface area contributed by atoms with Crippen LogP contribution in [0, 0.1) is 5.82 Å². The number of carbonyl (C=O) groups is 1. The van der Waals surface area contributed by atoms with E-state index in [9.17, 15) is 17.6 Å². The molecule has 1 heterocycles. The lowest BCUT2D eigenvalue weighted by Crippen LogP contribution is -2.50. The lowest BCUT2D eigenvalue weighted by Gasteiger charge is -2.34. The molecule has 0 atom stereocenters. The van der Waals surface area contributed by atoms with Crippen molar-refractivity contribution in [1.29, 1.82) is 0 Å². The minimum absolute atomic E-state index is 0.0215. The molecule has 1 aromatic rings. The molecule has 1 N–H and O–H groups in total. The van der Waals surface area contributed by atoms with Crippen molar-refractivity contribution in [2.24, 2.45) is 0 Å². The van der Waals surface area contributed by atoms with Gasteiger partial charge in [0.05, 0.1) is 4.90 Å². The van der Waals surface area contributed by atoms with Crippen LogP contribution in [0.5, 0.6) is 0 Å². The van der Waals surface area contributed by atoms with Crippen molar-refractivity contribution in [3.05, 3.63) is 30.1 Å². The molecule has 0 spiro atoms. The Morgan fingerprint density at radius 2 is 1.77 bits per heavy atom. The summed E-state index contributed by atoms with van der Waals surface area (Å²) in [5, 5.41) is 2.91. The maximum absolute atomic E-state index is 12.9. The predicted octanol–water partition coefficient (Wildman–Crippen LogP) is 0.268. The molecule has 0 bridgehead atoms. The third-order valence-corrected chi connectivity index (χ3v) is 5.54. The van der Waals surface area contributed by atoms with E-state index < -0.39 is 15.8 Å². The van der Waals surface area contributed by atoms with E-state index in [0.717, 1.165) is 12.1 Å². The number of carbonyl (C=O) groups excluding carboxylic acids is 1. The van der Waals surface area contributed by atoms with Gasteiger partial charge < -0.3 is 10.2 Å². The highest BCUT2D eigenvalue weighted by Crippen LogP contribution is 2.18. The number of hydrogen-bond donors (Lipinski definition) is 1. The molecule has 1 aliphatic rings. The number of benzene rings is 1. The lowest BCUT2D eigenvalue weighted by atomic mass is 10.3. The van der Waals surface area contributed by atoms with E-state index in [1.165, 1.54) is 16.4 Å². The van der Waals surface area contributed by atoms with E-state index in [-0.39, 0.29) is 23.9 Å². The zero-order chi connectivity index (χ0) is 16.2. The molecule has 1 saturated heterocycles. The number of sulfonamides is 1. The van der Waals surface area contributed by atoms with Crippen molar-refractivity contribution >= 4 is 15.9 Å². The molecule has 0 aliphatic carbocycles. The summed E-state index contributed by atoms with van der Waals surface area (Å²) >= 11 is 0. The average Bonchev–Trinajstić information content (AvgIpc) is 2.53. The molecule has 122 valence electrons.